The highest BCUT2D eigenvalue weighted by Gasteiger charge is 2.31. The lowest BCUT2D eigenvalue weighted by Gasteiger charge is -2.20. The molecule has 10 aromatic rings. The maximum atomic E-state index is 5.25. The minimum Gasteiger partial charge on any atom is -0.248 e. The van der Waals surface area contributed by atoms with E-state index in [1.807, 2.05) is 0 Å². The zero-order valence-electron chi connectivity index (χ0n) is 29.3. The summed E-state index contributed by atoms with van der Waals surface area (Å²) in [5, 5.41) is 7.46. The molecule has 53 heavy (non-hydrogen) atoms. The summed E-state index contributed by atoms with van der Waals surface area (Å²) in [5.74, 6) is 0. The second kappa shape index (κ2) is 11.6. The number of hydrogen-bond donors (Lipinski definition) is 0. The van der Waals surface area contributed by atoms with Crippen molar-refractivity contribution in [2.75, 3.05) is 0 Å². The molecule has 0 bridgehead atoms. The molecule has 246 valence electrons. The molecule has 1 aliphatic carbocycles. The number of aromatic nitrogens is 1. The molecule has 0 N–H and O–H groups in total. The average Bonchev–Trinajstić information content (AvgIpc) is 3.54. The van der Waals surface area contributed by atoms with Gasteiger partial charge in [0.1, 0.15) is 0 Å². The van der Waals surface area contributed by atoms with Gasteiger partial charge in [-0.3, -0.25) is 0 Å². The SMILES string of the molecule is Cc1cccc(-c2ccc3c(-c4ccc5c6c(cccc46)-c4c-5c(-c5ccccc5)c5ccccc5c4-c4ccccc4)c4ccccc4nc3c2)c1. The lowest BCUT2D eigenvalue weighted by atomic mass is 9.82. The van der Waals surface area contributed by atoms with Gasteiger partial charge in [-0.15, -0.1) is 0 Å². The van der Waals surface area contributed by atoms with E-state index >= 15 is 0 Å². The van der Waals surface area contributed by atoms with Crippen molar-refractivity contribution in [3.8, 4) is 66.8 Å². The predicted molar refractivity (Wildman–Crippen MR) is 225 cm³/mol. The molecule has 0 spiro atoms. The fourth-order valence-corrected chi connectivity index (χ4v) is 9.02. The predicted octanol–water partition coefficient (Wildman–Crippen LogP) is 14.3. The Hall–Kier alpha value is -6.83. The van der Waals surface area contributed by atoms with E-state index in [1.54, 1.807) is 0 Å². The molecule has 1 nitrogen and oxygen atoms in total. The number of para-hydroxylation sites is 1. The van der Waals surface area contributed by atoms with Crippen molar-refractivity contribution in [3.63, 3.8) is 0 Å². The van der Waals surface area contributed by atoms with Gasteiger partial charge in [-0.25, -0.2) is 4.98 Å². The second-order valence-electron chi connectivity index (χ2n) is 14.3. The van der Waals surface area contributed by atoms with E-state index in [-0.39, 0.29) is 0 Å². The molecule has 1 aliphatic rings. The third-order valence-corrected chi connectivity index (χ3v) is 11.2. The lowest BCUT2D eigenvalue weighted by Crippen LogP contribution is -1.93. The number of hydrogen-bond acceptors (Lipinski definition) is 1. The highest BCUT2D eigenvalue weighted by atomic mass is 14.7. The normalized spacial score (nSPS) is 11.9. The molecule has 0 fully saturated rings. The first-order valence-electron chi connectivity index (χ1n) is 18.4. The standard InChI is InChI=1S/C52H33N/c1-32-14-12-19-35(30-32)36-26-27-42-46(31-36)53-45-25-11-10-22-41(45)49(42)40-28-29-44-50-39(40)23-13-24-43(50)51-47(33-15-4-2-5-16-33)37-20-8-9-21-38(37)48(52(44)51)34-17-6-3-7-18-34/h2-31H,1H3. The monoisotopic (exact) mass is 671 g/mol. The van der Waals surface area contributed by atoms with Crippen LogP contribution in [0.4, 0.5) is 0 Å². The van der Waals surface area contributed by atoms with Gasteiger partial charge in [0.2, 0.25) is 0 Å². The Bertz CT molecular complexity index is 3010. The molecule has 0 amide bonds. The quantitative estimate of drug-likeness (QED) is 0.170. The van der Waals surface area contributed by atoms with Crippen LogP contribution in [-0.2, 0) is 0 Å². The molecule has 0 saturated carbocycles. The van der Waals surface area contributed by atoms with Crippen LogP contribution in [-0.4, -0.2) is 4.98 Å². The molecule has 1 heteroatoms. The first-order chi connectivity index (χ1) is 26.2. The van der Waals surface area contributed by atoms with Gasteiger partial charge in [-0.05, 0) is 102 Å². The van der Waals surface area contributed by atoms with E-state index < -0.39 is 0 Å². The average molecular weight is 672 g/mol. The number of nitrogens with zero attached hydrogens (tertiary/aromatic N) is 1. The molecule has 1 heterocycles. The molecular formula is C52H33N. The van der Waals surface area contributed by atoms with Crippen LogP contribution in [0.15, 0.2) is 182 Å². The van der Waals surface area contributed by atoms with Crippen LogP contribution >= 0.6 is 0 Å². The summed E-state index contributed by atoms with van der Waals surface area (Å²) in [6.07, 6.45) is 0. The van der Waals surface area contributed by atoms with Gasteiger partial charge >= 0.3 is 0 Å². The topological polar surface area (TPSA) is 12.9 Å². The van der Waals surface area contributed by atoms with Gasteiger partial charge in [0, 0.05) is 16.3 Å². The Morgan fingerprint density at radius 2 is 0.830 bits per heavy atom. The van der Waals surface area contributed by atoms with Crippen LogP contribution in [0.5, 0.6) is 0 Å². The van der Waals surface area contributed by atoms with Gasteiger partial charge in [0.05, 0.1) is 11.0 Å². The molecular weight excluding hydrogens is 639 g/mol. The molecule has 0 atom stereocenters. The largest absolute Gasteiger partial charge is 0.248 e. The minimum atomic E-state index is 1.01. The Morgan fingerprint density at radius 3 is 1.53 bits per heavy atom. The molecule has 1 aromatic heterocycles. The first kappa shape index (κ1) is 29.9. The number of fused-ring (bicyclic) bond motifs is 6. The summed E-state index contributed by atoms with van der Waals surface area (Å²) >= 11 is 0. The second-order valence-corrected chi connectivity index (χ2v) is 14.3. The minimum absolute atomic E-state index is 1.01. The number of aryl methyl sites for hydroxylation is 1. The van der Waals surface area contributed by atoms with Crippen LogP contribution in [0.25, 0.3) is 110 Å². The number of pyridine rings is 1. The van der Waals surface area contributed by atoms with Crippen LogP contribution in [0.3, 0.4) is 0 Å². The highest BCUT2D eigenvalue weighted by molar-refractivity contribution is 6.30. The van der Waals surface area contributed by atoms with Crippen LogP contribution < -0.4 is 0 Å². The number of benzene rings is 9. The van der Waals surface area contributed by atoms with Crippen molar-refractivity contribution >= 4 is 43.4 Å². The summed E-state index contributed by atoms with van der Waals surface area (Å²) < 4.78 is 0. The van der Waals surface area contributed by atoms with Crippen LogP contribution in [0.2, 0.25) is 0 Å². The molecule has 0 unspecified atom stereocenters. The summed E-state index contributed by atoms with van der Waals surface area (Å²) in [4.78, 5) is 5.25. The molecule has 0 radical (unpaired) electrons. The van der Waals surface area contributed by atoms with Crippen molar-refractivity contribution < 1.29 is 0 Å². The first-order valence-corrected chi connectivity index (χ1v) is 18.4. The van der Waals surface area contributed by atoms with Crippen molar-refractivity contribution in [2.24, 2.45) is 0 Å². The maximum Gasteiger partial charge on any atom is 0.0722 e. The summed E-state index contributed by atoms with van der Waals surface area (Å²) in [6, 6.07) is 66.7. The smallest absolute Gasteiger partial charge is 0.0722 e. The Kier molecular flexibility index (Phi) is 6.53. The van der Waals surface area contributed by atoms with Gasteiger partial charge < -0.3 is 0 Å². The summed E-state index contributed by atoms with van der Waals surface area (Å²) in [7, 11) is 0. The third kappa shape index (κ3) is 4.47. The lowest BCUT2D eigenvalue weighted by molar-refractivity contribution is 1.46. The van der Waals surface area contributed by atoms with E-state index in [0.29, 0.717) is 0 Å². The van der Waals surface area contributed by atoms with Crippen LogP contribution in [0.1, 0.15) is 5.56 Å². The van der Waals surface area contributed by atoms with Crippen molar-refractivity contribution in [3.05, 3.63) is 188 Å². The van der Waals surface area contributed by atoms with E-state index in [9.17, 15) is 0 Å². The third-order valence-electron chi connectivity index (χ3n) is 11.2. The molecule has 9 aromatic carbocycles. The summed E-state index contributed by atoms with van der Waals surface area (Å²) in [5.41, 5.74) is 18.4. The molecule has 0 saturated heterocycles. The van der Waals surface area contributed by atoms with Gasteiger partial charge in [0.25, 0.3) is 0 Å². The van der Waals surface area contributed by atoms with Crippen molar-refractivity contribution in [1.29, 1.82) is 0 Å². The molecule has 11 rings (SSSR count). The van der Waals surface area contributed by atoms with E-state index in [1.165, 1.54) is 99.3 Å². The van der Waals surface area contributed by atoms with Crippen molar-refractivity contribution in [1.82, 2.24) is 4.98 Å². The van der Waals surface area contributed by atoms with Crippen LogP contribution in [0, 0.1) is 6.92 Å². The highest BCUT2D eigenvalue weighted by Crippen LogP contribution is 2.58. The van der Waals surface area contributed by atoms with E-state index in [0.717, 1.165) is 16.4 Å². The van der Waals surface area contributed by atoms with Crippen molar-refractivity contribution in [2.45, 2.75) is 6.92 Å². The van der Waals surface area contributed by atoms with Gasteiger partial charge in [-0.2, -0.15) is 0 Å². The number of rotatable bonds is 4. The van der Waals surface area contributed by atoms with E-state index in [4.69, 9.17) is 4.98 Å². The van der Waals surface area contributed by atoms with Gasteiger partial charge in [-0.1, -0.05) is 175 Å². The fraction of sp³-hybridized carbons (Fsp3) is 0.0192. The zero-order chi connectivity index (χ0) is 35.0. The summed E-state index contributed by atoms with van der Waals surface area (Å²) in [6.45, 7) is 2.15. The maximum absolute atomic E-state index is 5.25. The fourth-order valence-electron chi connectivity index (χ4n) is 9.02. The zero-order valence-corrected chi connectivity index (χ0v) is 29.3. The Morgan fingerprint density at radius 1 is 0.302 bits per heavy atom. The van der Waals surface area contributed by atoms with Gasteiger partial charge in [0.15, 0.2) is 0 Å². The Labute approximate surface area is 308 Å². The molecule has 0 aliphatic heterocycles. The Balaban J connectivity index is 1.25. The van der Waals surface area contributed by atoms with E-state index in [2.05, 4.69) is 189 Å².